The van der Waals surface area contributed by atoms with Gasteiger partial charge in [-0.2, -0.15) is 0 Å². The van der Waals surface area contributed by atoms with Gasteiger partial charge in [0.1, 0.15) is 0 Å². The Balaban J connectivity index is 1.76. The van der Waals surface area contributed by atoms with Crippen molar-refractivity contribution in [1.82, 2.24) is 5.32 Å². The highest BCUT2D eigenvalue weighted by molar-refractivity contribution is 5.29. The van der Waals surface area contributed by atoms with Crippen molar-refractivity contribution >= 4 is 0 Å². The van der Waals surface area contributed by atoms with Gasteiger partial charge in [-0.25, -0.2) is 0 Å². The van der Waals surface area contributed by atoms with Gasteiger partial charge in [-0.15, -0.1) is 0 Å². The molecule has 2 fully saturated rings. The molecule has 1 saturated carbocycles. The molecule has 1 unspecified atom stereocenters. The molecule has 1 nitrogen and oxygen atoms in total. The van der Waals surface area contributed by atoms with Crippen molar-refractivity contribution in [2.75, 3.05) is 6.54 Å². The summed E-state index contributed by atoms with van der Waals surface area (Å²) in [6, 6.07) is 0.752. The third-order valence-corrected chi connectivity index (χ3v) is 5.43. The molecule has 0 aromatic carbocycles. The summed E-state index contributed by atoms with van der Waals surface area (Å²) in [5.41, 5.74) is 3.76. The number of allylic oxidation sites excluding steroid dienone is 1. The van der Waals surface area contributed by atoms with Gasteiger partial charge in [0.15, 0.2) is 0 Å². The normalized spacial score (nSPS) is 37.2. The van der Waals surface area contributed by atoms with E-state index in [1.165, 1.54) is 57.9 Å². The summed E-state index contributed by atoms with van der Waals surface area (Å²) in [5.74, 6) is 2.88. The van der Waals surface area contributed by atoms with Gasteiger partial charge >= 0.3 is 0 Å². The number of nitrogens with one attached hydrogen (secondary N) is 1. The zero-order chi connectivity index (χ0) is 12.5. The predicted octanol–water partition coefficient (Wildman–Crippen LogP) is 4.29. The van der Waals surface area contributed by atoms with Crippen molar-refractivity contribution in [2.24, 2.45) is 17.8 Å². The van der Waals surface area contributed by atoms with Crippen LogP contribution < -0.4 is 5.32 Å². The first kappa shape index (κ1) is 12.7. The van der Waals surface area contributed by atoms with Gasteiger partial charge in [0, 0.05) is 6.04 Å². The van der Waals surface area contributed by atoms with E-state index in [0.29, 0.717) is 0 Å². The fraction of sp³-hybridized carbons (Fsp3) is 0.882. The summed E-state index contributed by atoms with van der Waals surface area (Å²) in [6.45, 7) is 6.07. The molecule has 0 spiro atoms. The largest absolute Gasteiger partial charge is 0.310 e. The molecular weight excluding hydrogens is 218 g/mol. The number of rotatable bonds is 3. The maximum absolute atomic E-state index is 3.79. The van der Waals surface area contributed by atoms with Gasteiger partial charge in [-0.05, 0) is 69.2 Å². The van der Waals surface area contributed by atoms with E-state index in [1.54, 1.807) is 0 Å². The molecule has 1 aliphatic heterocycles. The monoisotopic (exact) mass is 247 g/mol. The van der Waals surface area contributed by atoms with E-state index in [0.717, 1.165) is 23.8 Å². The Labute approximate surface area is 112 Å². The first-order valence-corrected chi connectivity index (χ1v) is 8.22. The maximum Gasteiger partial charge on any atom is 0.0282 e. The standard InChI is InChI=1S/C17H29N/c1-12(2)15-11-16(15)13-7-3-4-8-14(13)17-9-5-6-10-18-17/h12,15-18H,3-11H2,1-2H3/t15-,16+,17?/m1/s1. The highest BCUT2D eigenvalue weighted by Gasteiger charge is 2.43. The highest BCUT2D eigenvalue weighted by atomic mass is 14.9. The summed E-state index contributed by atoms with van der Waals surface area (Å²) in [6.07, 6.45) is 11.4. The van der Waals surface area contributed by atoms with Crippen LogP contribution in [0.15, 0.2) is 11.1 Å². The second-order valence-corrected chi connectivity index (χ2v) is 7.01. The lowest BCUT2D eigenvalue weighted by molar-refractivity contribution is 0.414. The average Bonchev–Trinajstić information content (AvgIpc) is 3.20. The lowest BCUT2D eigenvalue weighted by atomic mass is 9.81. The van der Waals surface area contributed by atoms with Crippen molar-refractivity contribution < 1.29 is 0 Å². The minimum absolute atomic E-state index is 0.752. The van der Waals surface area contributed by atoms with Crippen molar-refractivity contribution in [3.63, 3.8) is 0 Å². The van der Waals surface area contributed by atoms with Crippen LogP contribution in [0.25, 0.3) is 0 Å². The van der Waals surface area contributed by atoms with Crippen molar-refractivity contribution in [2.45, 2.75) is 71.3 Å². The Kier molecular flexibility index (Phi) is 3.79. The summed E-state index contributed by atoms with van der Waals surface area (Å²) in [7, 11) is 0. The fourth-order valence-electron chi connectivity index (χ4n) is 4.27. The second-order valence-electron chi connectivity index (χ2n) is 7.01. The van der Waals surface area contributed by atoms with Gasteiger partial charge in [-0.1, -0.05) is 31.4 Å². The molecule has 1 N–H and O–H groups in total. The van der Waals surface area contributed by atoms with Crippen LogP contribution in [0.4, 0.5) is 0 Å². The first-order chi connectivity index (χ1) is 8.77. The van der Waals surface area contributed by atoms with Crippen LogP contribution in [0.3, 0.4) is 0 Å². The van der Waals surface area contributed by atoms with E-state index in [-0.39, 0.29) is 0 Å². The van der Waals surface area contributed by atoms with E-state index >= 15 is 0 Å². The Bertz CT molecular complexity index is 323. The van der Waals surface area contributed by atoms with E-state index in [1.807, 2.05) is 11.1 Å². The zero-order valence-electron chi connectivity index (χ0n) is 12.2. The quantitative estimate of drug-likeness (QED) is 0.734. The van der Waals surface area contributed by atoms with E-state index in [2.05, 4.69) is 19.2 Å². The number of hydrogen-bond acceptors (Lipinski definition) is 1. The van der Waals surface area contributed by atoms with Crippen molar-refractivity contribution in [3.05, 3.63) is 11.1 Å². The zero-order valence-corrected chi connectivity index (χ0v) is 12.2. The highest BCUT2D eigenvalue weighted by Crippen LogP contribution is 2.52. The summed E-state index contributed by atoms with van der Waals surface area (Å²) < 4.78 is 0. The Hall–Kier alpha value is -0.300. The van der Waals surface area contributed by atoms with Crippen molar-refractivity contribution in [3.8, 4) is 0 Å². The molecule has 0 aromatic rings. The predicted molar refractivity (Wildman–Crippen MR) is 77.6 cm³/mol. The Morgan fingerprint density at radius 3 is 2.39 bits per heavy atom. The molecule has 0 aromatic heterocycles. The van der Waals surface area contributed by atoms with E-state index < -0.39 is 0 Å². The maximum atomic E-state index is 3.79. The van der Waals surface area contributed by atoms with Crippen LogP contribution in [0.2, 0.25) is 0 Å². The number of hydrogen-bond donors (Lipinski definition) is 1. The average molecular weight is 247 g/mol. The molecule has 3 atom stereocenters. The van der Waals surface area contributed by atoms with Crippen LogP contribution in [-0.4, -0.2) is 12.6 Å². The SMILES string of the molecule is CC(C)[C@H]1C[C@H]1C1=C(C2CCCCN2)CCCC1. The molecular formula is C17H29N. The fourth-order valence-corrected chi connectivity index (χ4v) is 4.27. The van der Waals surface area contributed by atoms with E-state index in [9.17, 15) is 0 Å². The molecule has 0 bridgehead atoms. The van der Waals surface area contributed by atoms with E-state index in [4.69, 9.17) is 0 Å². The lowest BCUT2D eigenvalue weighted by Gasteiger charge is -2.31. The topological polar surface area (TPSA) is 12.0 Å². The minimum Gasteiger partial charge on any atom is -0.310 e. The molecule has 3 rings (SSSR count). The third kappa shape index (κ3) is 2.52. The van der Waals surface area contributed by atoms with Gasteiger partial charge in [0.05, 0.1) is 0 Å². The third-order valence-electron chi connectivity index (χ3n) is 5.43. The molecule has 1 heteroatoms. The summed E-state index contributed by atoms with van der Waals surface area (Å²) in [5, 5.41) is 3.79. The molecule has 0 radical (unpaired) electrons. The molecule has 3 aliphatic rings. The second kappa shape index (κ2) is 5.36. The smallest absolute Gasteiger partial charge is 0.0282 e. The number of piperidine rings is 1. The molecule has 102 valence electrons. The molecule has 2 aliphatic carbocycles. The molecule has 18 heavy (non-hydrogen) atoms. The van der Waals surface area contributed by atoms with Gasteiger partial charge in [0.25, 0.3) is 0 Å². The van der Waals surface area contributed by atoms with Crippen LogP contribution >= 0.6 is 0 Å². The van der Waals surface area contributed by atoms with Crippen LogP contribution in [-0.2, 0) is 0 Å². The Morgan fingerprint density at radius 2 is 1.78 bits per heavy atom. The lowest BCUT2D eigenvalue weighted by Crippen LogP contribution is -2.37. The van der Waals surface area contributed by atoms with Crippen LogP contribution in [0.1, 0.15) is 65.2 Å². The molecule has 1 heterocycles. The summed E-state index contributed by atoms with van der Waals surface area (Å²) >= 11 is 0. The summed E-state index contributed by atoms with van der Waals surface area (Å²) in [4.78, 5) is 0. The molecule has 0 amide bonds. The van der Waals surface area contributed by atoms with Crippen LogP contribution in [0.5, 0.6) is 0 Å². The van der Waals surface area contributed by atoms with Crippen LogP contribution in [0, 0.1) is 17.8 Å². The molecule has 1 saturated heterocycles. The minimum atomic E-state index is 0.752. The van der Waals surface area contributed by atoms with Gasteiger partial charge in [-0.3, -0.25) is 0 Å². The first-order valence-electron chi connectivity index (χ1n) is 8.22. The van der Waals surface area contributed by atoms with Gasteiger partial charge in [0.2, 0.25) is 0 Å². The van der Waals surface area contributed by atoms with Gasteiger partial charge < -0.3 is 5.32 Å². The Morgan fingerprint density at radius 1 is 1.00 bits per heavy atom. The van der Waals surface area contributed by atoms with Crippen molar-refractivity contribution in [1.29, 1.82) is 0 Å².